The van der Waals surface area contributed by atoms with Gasteiger partial charge in [-0.15, -0.1) is 0 Å². The Hall–Kier alpha value is -1.22. The van der Waals surface area contributed by atoms with E-state index in [9.17, 15) is 0 Å². The van der Waals surface area contributed by atoms with E-state index in [0.29, 0.717) is 13.2 Å². The van der Waals surface area contributed by atoms with E-state index in [-0.39, 0.29) is 6.10 Å². The van der Waals surface area contributed by atoms with Crippen LogP contribution in [-0.4, -0.2) is 24.4 Å². The van der Waals surface area contributed by atoms with Gasteiger partial charge in [-0.1, -0.05) is 12.1 Å². The molecule has 1 unspecified atom stereocenters. The highest BCUT2D eigenvalue weighted by Gasteiger charge is 2.03. The van der Waals surface area contributed by atoms with E-state index in [1.807, 2.05) is 31.2 Å². The van der Waals surface area contributed by atoms with Crippen molar-refractivity contribution in [2.45, 2.75) is 32.8 Å². The smallest absolute Gasteiger partial charge is 0.161 e. The molecular weight excluding hydrogens is 204 g/mol. The molecule has 1 N–H and O–H groups in total. The lowest BCUT2D eigenvalue weighted by atomic mass is 10.2. The third-order valence-corrected chi connectivity index (χ3v) is 2.17. The van der Waals surface area contributed by atoms with Crippen molar-refractivity contribution < 1.29 is 14.6 Å². The summed E-state index contributed by atoms with van der Waals surface area (Å²) >= 11 is 0. The van der Waals surface area contributed by atoms with Gasteiger partial charge in [0.15, 0.2) is 11.5 Å². The van der Waals surface area contributed by atoms with E-state index < -0.39 is 0 Å². The van der Waals surface area contributed by atoms with Gasteiger partial charge >= 0.3 is 0 Å². The lowest BCUT2D eigenvalue weighted by Gasteiger charge is -2.11. The van der Waals surface area contributed by atoms with Gasteiger partial charge in [0.25, 0.3) is 0 Å². The van der Waals surface area contributed by atoms with Crippen molar-refractivity contribution in [2.24, 2.45) is 0 Å². The fraction of sp³-hybridized carbons (Fsp3) is 0.538. The van der Waals surface area contributed by atoms with Gasteiger partial charge in [0, 0.05) is 0 Å². The average Bonchev–Trinajstić information content (AvgIpc) is 2.26. The van der Waals surface area contributed by atoms with E-state index in [4.69, 9.17) is 14.6 Å². The molecule has 3 heteroatoms. The number of ether oxygens (including phenoxy) is 2. The summed E-state index contributed by atoms with van der Waals surface area (Å²) < 4.78 is 11.0. The van der Waals surface area contributed by atoms with E-state index in [1.54, 1.807) is 6.92 Å². The number of hydrogen-bond donors (Lipinski definition) is 1. The molecule has 3 nitrogen and oxygen atoms in total. The summed E-state index contributed by atoms with van der Waals surface area (Å²) in [7, 11) is 0. The molecule has 0 amide bonds. The van der Waals surface area contributed by atoms with Crippen LogP contribution in [0.25, 0.3) is 0 Å². The topological polar surface area (TPSA) is 38.7 Å². The standard InChI is InChI=1S/C13H20O3/c1-3-15-12-8-4-5-9-13(12)16-10-6-7-11(2)14/h4-5,8-9,11,14H,3,6-7,10H2,1-2H3. The van der Waals surface area contributed by atoms with Crippen LogP contribution in [0.15, 0.2) is 24.3 Å². The molecule has 0 aliphatic carbocycles. The number of rotatable bonds is 7. The van der Waals surface area contributed by atoms with Gasteiger partial charge in [0.2, 0.25) is 0 Å². The van der Waals surface area contributed by atoms with Crippen LogP contribution >= 0.6 is 0 Å². The average molecular weight is 224 g/mol. The molecule has 90 valence electrons. The maximum Gasteiger partial charge on any atom is 0.161 e. The number of aliphatic hydroxyl groups excluding tert-OH is 1. The molecule has 0 aliphatic rings. The Morgan fingerprint density at radius 2 is 1.81 bits per heavy atom. The zero-order valence-corrected chi connectivity index (χ0v) is 9.98. The Morgan fingerprint density at radius 1 is 1.19 bits per heavy atom. The molecule has 0 saturated carbocycles. The summed E-state index contributed by atoms with van der Waals surface area (Å²) in [6, 6.07) is 7.64. The summed E-state index contributed by atoms with van der Waals surface area (Å²) in [4.78, 5) is 0. The van der Waals surface area contributed by atoms with Crippen LogP contribution < -0.4 is 9.47 Å². The molecule has 0 aliphatic heterocycles. The normalized spacial score (nSPS) is 12.2. The number of para-hydroxylation sites is 2. The summed E-state index contributed by atoms with van der Waals surface area (Å²) in [6.45, 7) is 4.97. The molecule has 1 aromatic carbocycles. The zero-order valence-electron chi connectivity index (χ0n) is 9.98. The van der Waals surface area contributed by atoms with Crippen molar-refractivity contribution in [1.82, 2.24) is 0 Å². The van der Waals surface area contributed by atoms with Gasteiger partial charge in [0.1, 0.15) is 0 Å². The highest BCUT2D eigenvalue weighted by atomic mass is 16.5. The van der Waals surface area contributed by atoms with E-state index in [0.717, 1.165) is 24.3 Å². The van der Waals surface area contributed by atoms with Crippen molar-refractivity contribution >= 4 is 0 Å². The second-order valence-corrected chi connectivity index (χ2v) is 3.72. The summed E-state index contributed by atoms with van der Waals surface area (Å²) in [5.74, 6) is 1.55. The van der Waals surface area contributed by atoms with E-state index in [1.165, 1.54) is 0 Å². The second-order valence-electron chi connectivity index (χ2n) is 3.72. The Bertz CT molecular complexity index is 297. The van der Waals surface area contributed by atoms with Crippen LogP contribution in [0.5, 0.6) is 11.5 Å². The molecule has 0 radical (unpaired) electrons. The molecule has 0 spiro atoms. The first kappa shape index (κ1) is 12.8. The zero-order chi connectivity index (χ0) is 11.8. The van der Waals surface area contributed by atoms with Gasteiger partial charge in [-0.2, -0.15) is 0 Å². The van der Waals surface area contributed by atoms with E-state index in [2.05, 4.69) is 0 Å². The fourth-order valence-corrected chi connectivity index (χ4v) is 1.41. The van der Waals surface area contributed by atoms with Crippen LogP contribution in [0, 0.1) is 0 Å². The first-order valence-corrected chi connectivity index (χ1v) is 5.76. The van der Waals surface area contributed by atoms with Gasteiger partial charge in [0.05, 0.1) is 19.3 Å². The highest BCUT2D eigenvalue weighted by Crippen LogP contribution is 2.26. The van der Waals surface area contributed by atoms with Crippen LogP contribution in [0.1, 0.15) is 26.7 Å². The minimum Gasteiger partial charge on any atom is -0.490 e. The number of aliphatic hydroxyl groups is 1. The highest BCUT2D eigenvalue weighted by molar-refractivity contribution is 5.39. The Kier molecular flexibility index (Phi) is 5.72. The van der Waals surface area contributed by atoms with Crippen LogP contribution in [0.2, 0.25) is 0 Å². The first-order valence-electron chi connectivity index (χ1n) is 5.76. The Morgan fingerprint density at radius 3 is 2.38 bits per heavy atom. The van der Waals surface area contributed by atoms with Crippen molar-refractivity contribution in [3.63, 3.8) is 0 Å². The lowest BCUT2D eigenvalue weighted by molar-refractivity contribution is 0.169. The first-order chi connectivity index (χ1) is 7.74. The molecule has 0 heterocycles. The third kappa shape index (κ3) is 4.53. The minimum absolute atomic E-state index is 0.259. The van der Waals surface area contributed by atoms with Crippen molar-refractivity contribution in [1.29, 1.82) is 0 Å². The molecule has 16 heavy (non-hydrogen) atoms. The number of benzene rings is 1. The minimum atomic E-state index is -0.259. The predicted molar refractivity (Wildman–Crippen MR) is 64.0 cm³/mol. The van der Waals surface area contributed by atoms with Crippen LogP contribution in [0.3, 0.4) is 0 Å². The summed E-state index contributed by atoms with van der Waals surface area (Å²) in [5.41, 5.74) is 0. The monoisotopic (exact) mass is 224 g/mol. The second kappa shape index (κ2) is 7.12. The maximum absolute atomic E-state index is 9.11. The number of hydrogen-bond acceptors (Lipinski definition) is 3. The van der Waals surface area contributed by atoms with Gasteiger partial charge < -0.3 is 14.6 Å². The molecule has 1 aromatic rings. The quantitative estimate of drug-likeness (QED) is 0.724. The SMILES string of the molecule is CCOc1ccccc1OCCCC(C)O. The van der Waals surface area contributed by atoms with Crippen molar-refractivity contribution in [3.8, 4) is 11.5 Å². The van der Waals surface area contributed by atoms with Gasteiger partial charge in [-0.3, -0.25) is 0 Å². The predicted octanol–water partition coefficient (Wildman–Crippen LogP) is 2.63. The summed E-state index contributed by atoms with van der Waals surface area (Å²) in [5, 5.41) is 9.11. The Balaban J connectivity index is 2.40. The molecule has 1 rings (SSSR count). The summed E-state index contributed by atoms with van der Waals surface area (Å²) in [6.07, 6.45) is 1.35. The Labute approximate surface area is 97.0 Å². The van der Waals surface area contributed by atoms with Crippen molar-refractivity contribution in [2.75, 3.05) is 13.2 Å². The molecular formula is C13H20O3. The molecule has 1 atom stereocenters. The third-order valence-electron chi connectivity index (χ3n) is 2.17. The van der Waals surface area contributed by atoms with Crippen LogP contribution in [0.4, 0.5) is 0 Å². The maximum atomic E-state index is 9.11. The fourth-order valence-electron chi connectivity index (χ4n) is 1.41. The largest absolute Gasteiger partial charge is 0.490 e. The van der Waals surface area contributed by atoms with Gasteiger partial charge in [-0.25, -0.2) is 0 Å². The van der Waals surface area contributed by atoms with Crippen molar-refractivity contribution in [3.05, 3.63) is 24.3 Å². The van der Waals surface area contributed by atoms with E-state index >= 15 is 0 Å². The molecule has 0 fully saturated rings. The molecule has 0 saturated heterocycles. The molecule has 0 bridgehead atoms. The lowest BCUT2D eigenvalue weighted by Crippen LogP contribution is -2.05. The van der Waals surface area contributed by atoms with Crippen LogP contribution in [-0.2, 0) is 0 Å². The van der Waals surface area contributed by atoms with Gasteiger partial charge in [-0.05, 0) is 38.8 Å². The molecule has 0 aromatic heterocycles.